The van der Waals surface area contributed by atoms with Crippen LogP contribution in [-0.2, 0) is 4.79 Å². The number of ketones is 1. The maximum Gasteiger partial charge on any atom is 0.160 e. The summed E-state index contributed by atoms with van der Waals surface area (Å²) in [6.07, 6.45) is -2.79. The third kappa shape index (κ3) is 2.55. The molecule has 0 rings (SSSR count). The smallest absolute Gasteiger partial charge is 0.160 e. The van der Waals surface area contributed by atoms with Crippen LogP contribution in [0.5, 0.6) is 0 Å². The summed E-state index contributed by atoms with van der Waals surface area (Å²) in [7, 11) is 0. The van der Waals surface area contributed by atoms with Gasteiger partial charge in [0.15, 0.2) is 5.78 Å². The van der Waals surface area contributed by atoms with E-state index in [-0.39, 0.29) is 0 Å². The highest BCUT2D eigenvalue weighted by molar-refractivity contribution is 5.80. The van der Waals surface area contributed by atoms with Gasteiger partial charge in [0, 0.05) is 0 Å². The molecule has 9 heavy (non-hydrogen) atoms. The molecule has 0 heterocycles. The van der Waals surface area contributed by atoms with E-state index in [0.717, 1.165) is 6.92 Å². The van der Waals surface area contributed by atoms with Gasteiger partial charge in [-0.1, -0.05) is 0 Å². The number of Topliss-reactive ketones (excluding diaryl/α,β-unsaturated/α-hetero) is 1. The molecule has 3 N–H and O–H groups in total. The third-order valence-corrected chi connectivity index (χ3v) is 0.968. The highest BCUT2D eigenvalue weighted by Gasteiger charge is 2.18. The fraction of sp³-hybridized carbons (Fsp3) is 0.800. The number of carbonyl (C=O) groups excluding carboxylic acids is 1. The van der Waals surface area contributed by atoms with Gasteiger partial charge >= 0.3 is 0 Å². The molecule has 0 aliphatic heterocycles. The summed E-state index contributed by atoms with van der Waals surface area (Å²) < 4.78 is 0. The summed E-state index contributed by atoms with van der Waals surface area (Å²) in [5.74, 6) is -0.545. The Kier molecular flexibility index (Phi) is 3.37. The van der Waals surface area contributed by atoms with Crippen LogP contribution in [0.1, 0.15) is 6.92 Å². The monoisotopic (exact) mass is 136 g/mol. The van der Waals surface area contributed by atoms with Gasteiger partial charge in [0.1, 0.15) is 12.2 Å². The lowest BCUT2D eigenvalue weighted by Gasteiger charge is -2.10. The van der Waals surface area contributed by atoms with E-state index in [1.165, 1.54) is 0 Å². The van der Waals surface area contributed by atoms with Crippen LogP contribution in [0.25, 0.3) is 0 Å². The van der Waals surface area contributed by atoms with Crippen molar-refractivity contribution in [3.8, 4) is 0 Å². The molecule has 0 aliphatic carbocycles. The number of hydrogen-bond donors (Lipinski definition) is 3. The fourth-order valence-corrected chi connectivity index (χ4v) is 0.371. The van der Waals surface area contributed by atoms with Crippen molar-refractivity contribution < 1.29 is 20.1 Å². The van der Waals surface area contributed by atoms with Crippen LogP contribution in [-0.4, -0.2) is 39.9 Å². The summed E-state index contributed by atoms with van der Waals surface area (Å²) in [5.41, 5.74) is 0. The van der Waals surface area contributed by atoms with E-state index >= 15 is 0 Å². The molecule has 4 nitrogen and oxygen atoms in total. The Balaban J connectivity index is 3.72. The van der Waals surface area contributed by atoms with Gasteiger partial charge in [-0.3, -0.25) is 4.79 Å². The topological polar surface area (TPSA) is 77.8 Å². The SMILES string of the molecule is C[13C](=O)[13C@H](O)[C@H](O)CO. The zero-order valence-corrected chi connectivity index (χ0v) is 5.11. The summed E-state index contributed by atoms with van der Waals surface area (Å²) >= 11 is 0. The van der Waals surface area contributed by atoms with Crippen LogP contribution in [0.15, 0.2) is 0 Å². The maximum absolute atomic E-state index is 10.2. The van der Waals surface area contributed by atoms with Crippen molar-refractivity contribution in [1.82, 2.24) is 0 Å². The molecule has 2 atom stereocenters. The lowest BCUT2D eigenvalue weighted by molar-refractivity contribution is -0.132. The molecule has 4 heteroatoms. The first kappa shape index (κ1) is 8.55. The second kappa shape index (κ2) is 3.55. The molecule has 0 aromatic rings. The van der Waals surface area contributed by atoms with Gasteiger partial charge in [-0.05, 0) is 6.92 Å². The molecular weight excluding hydrogens is 126 g/mol. The number of hydrogen-bond acceptors (Lipinski definition) is 4. The van der Waals surface area contributed by atoms with Gasteiger partial charge in [-0.15, -0.1) is 0 Å². The Labute approximate surface area is 52.7 Å². The Morgan fingerprint density at radius 2 is 2.00 bits per heavy atom. The molecule has 0 saturated heterocycles. The van der Waals surface area contributed by atoms with Crippen molar-refractivity contribution in [3.63, 3.8) is 0 Å². The first-order valence-electron chi connectivity index (χ1n) is 2.57. The van der Waals surface area contributed by atoms with Crippen LogP contribution < -0.4 is 0 Å². The van der Waals surface area contributed by atoms with Crippen molar-refractivity contribution in [2.75, 3.05) is 6.61 Å². The van der Waals surface area contributed by atoms with Crippen LogP contribution >= 0.6 is 0 Å². The molecule has 0 bridgehead atoms. The molecule has 54 valence electrons. The normalized spacial score (nSPS) is 16.9. The minimum Gasteiger partial charge on any atom is -0.394 e. The van der Waals surface area contributed by atoms with Gasteiger partial charge in [0.25, 0.3) is 0 Å². The molecule has 0 spiro atoms. The van der Waals surface area contributed by atoms with Crippen LogP contribution in [0.3, 0.4) is 0 Å². The lowest BCUT2D eigenvalue weighted by atomic mass is 10.5. The zero-order valence-electron chi connectivity index (χ0n) is 5.11. The van der Waals surface area contributed by atoms with Crippen molar-refractivity contribution in [2.24, 2.45) is 0 Å². The second-order valence-electron chi connectivity index (χ2n) is 1.81. The van der Waals surface area contributed by atoms with Gasteiger partial charge in [0.05, 0.1) is 6.61 Å². The van der Waals surface area contributed by atoms with E-state index in [1.807, 2.05) is 0 Å². The van der Waals surface area contributed by atoms with Crippen molar-refractivity contribution in [3.05, 3.63) is 0 Å². The van der Waals surface area contributed by atoms with E-state index in [1.54, 1.807) is 0 Å². The van der Waals surface area contributed by atoms with E-state index in [9.17, 15) is 4.79 Å². The standard InChI is InChI=1S/C5H10O4/c1-3(7)5(9)4(8)2-6/h4-6,8-9H,2H2,1H3/t4-,5+/m1/s1/i3+1,5+1. The van der Waals surface area contributed by atoms with Crippen LogP contribution in [0.4, 0.5) is 0 Å². The Morgan fingerprint density at radius 1 is 1.56 bits per heavy atom. The zero-order chi connectivity index (χ0) is 7.44. The van der Waals surface area contributed by atoms with E-state index in [2.05, 4.69) is 0 Å². The van der Waals surface area contributed by atoms with Crippen LogP contribution in [0.2, 0.25) is 0 Å². The summed E-state index contributed by atoms with van der Waals surface area (Å²) in [4.78, 5) is 10.2. The average Bonchev–Trinajstić information content (AvgIpc) is 1.84. The van der Waals surface area contributed by atoms with E-state index in [0.29, 0.717) is 0 Å². The van der Waals surface area contributed by atoms with Crippen LogP contribution in [0, 0.1) is 0 Å². The highest BCUT2D eigenvalue weighted by atomic mass is 16.4. The predicted molar refractivity (Wildman–Crippen MR) is 29.8 cm³/mol. The first-order valence-corrected chi connectivity index (χ1v) is 2.57. The quantitative estimate of drug-likeness (QED) is 0.404. The number of carbonyl (C=O) groups is 1. The summed E-state index contributed by atoms with van der Waals surface area (Å²) in [5, 5.41) is 25.4. The van der Waals surface area contributed by atoms with E-state index < -0.39 is 24.6 Å². The second-order valence-corrected chi connectivity index (χ2v) is 1.81. The van der Waals surface area contributed by atoms with Gasteiger partial charge < -0.3 is 15.3 Å². The molecule has 0 aromatic carbocycles. The minimum absolute atomic E-state index is 0.545. The first-order chi connectivity index (χ1) is 4.09. The summed E-state index contributed by atoms with van der Waals surface area (Å²) in [6.45, 7) is 0.546. The Bertz CT molecular complexity index is 101. The molecule has 0 aliphatic rings. The largest absolute Gasteiger partial charge is 0.394 e. The summed E-state index contributed by atoms with van der Waals surface area (Å²) in [6, 6.07) is 0. The van der Waals surface area contributed by atoms with Gasteiger partial charge in [0.2, 0.25) is 0 Å². The molecular formula is C5H10O4. The Morgan fingerprint density at radius 3 is 2.11 bits per heavy atom. The van der Waals surface area contributed by atoms with E-state index in [4.69, 9.17) is 15.3 Å². The van der Waals surface area contributed by atoms with Gasteiger partial charge in [-0.2, -0.15) is 0 Å². The maximum atomic E-state index is 10.2. The molecule has 0 radical (unpaired) electrons. The lowest BCUT2D eigenvalue weighted by Crippen LogP contribution is -2.34. The third-order valence-electron chi connectivity index (χ3n) is 0.968. The molecule has 0 amide bonds. The predicted octanol–water partition coefficient (Wildman–Crippen LogP) is -1.71. The van der Waals surface area contributed by atoms with Crippen molar-refractivity contribution >= 4 is 5.78 Å². The van der Waals surface area contributed by atoms with Gasteiger partial charge in [-0.25, -0.2) is 0 Å². The average molecular weight is 136 g/mol. The highest BCUT2D eigenvalue weighted by Crippen LogP contribution is 1.92. The van der Waals surface area contributed by atoms with Crippen molar-refractivity contribution in [1.29, 1.82) is 0 Å². The fourth-order valence-electron chi connectivity index (χ4n) is 0.371. The number of rotatable bonds is 3. The molecule has 0 fully saturated rings. The Hall–Kier alpha value is -0.450. The molecule has 0 saturated carbocycles. The van der Waals surface area contributed by atoms with Crippen molar-refractivity contribution in [2.45, 2.75) is 19.1 Å². The molecule has 0 unspecified atom stereocenters. The number of aliphatic hydroxyl groups excluding tert-OH is 3. The number of aliphatic hydroxyl groups is 3. The molecule has 0 aromatic heterocycles. The minimum atomic E-state index is -1.45.